The third-order valence-corrected chi connectivity index (χ3v) is 5.35. The number of esters is 1. The summed E-state index contributed by atoms with van der Waals surface area (Å²) in [7, 11) is 0. The Labute approximate surface area is 188 Å². The van der Waals surface area contributed by atoms with Crippen molar-refractivity contribution in [1.29, 1.82) is 0 Å². The molecule has 6 nitrogen and oxygen atoms in total. The molecule has 0 aliphatic rings. The molecule has 4 aromatic rings. The van der Waals surface area contributed by atoms with Crippen LogP contribution < -0.4 is 5.43 Å². The summed E-state index contributed by atoms with van der Waals surface area (Å²) in [6, 6.07) is 12.6. The molecule has 4 rings (SSSR count). The molecule has 2 aromatic heterocycles. The van der Waals surface area contributed by atoms with E-state index in [1.54, 1.807) is 17.6 Å². The number of nitrogens with zero attached hydrogens (tertiary/aromatic N) is 2. The Morgan fingerprint density at radius 1 is 1.19 bits per heavy atom. The first kappa shape index (κ1) is 21.2. The highest BCUT2D eigenvalue weighted by Gasteiger charge is 2.20. The average molecular weight is 457 g/mol. The van der Waals surface area contributed by atoms with E-state index in [9.17, 15) is 9.59 Å². The number of carbonyl (C=O) groups is 1. The lowest BCUT2D eigenvalue weighted by atomic mass is 10.1. The Kier molecular flexibility index (Phi) is 5.85. The number of halogens is 2. The molecule has 2 heterocycles. The molecule has 31 heavy (non-hydrogen) atoms. The van der Waals surface area contributed by atoms with Gasteiger partial charge in [0, 0.05) is 16.8 Å². The standard InChI is InChI=1S/C23H18Cl2N2O4/c1-3-30-23(29)16-11-27(19-10-15(24)9-17(25)20(19)21(16)28)12-18-13(2)31-22(26-18)14-7-5-4-6-8-14/h4-11H,3,12H2,1-2H3. The first-order valence-electron chi connectivity index (χ1n) is 9.60. The van der Waals surface area contributed by atoms with Crippen LogP contribution in [0.15, 0.2) is 57.9 Å². The number of hydrogen-bond donors (Lipinski definition) is 0. The van der Waals surface area contributed by atoms with E-state index in [1.165, 1.54) is 12.3 Å². The number of ether oxygens (including phenoxy) is 1. The van der Waals surface area contributed by atoms with E-state index in [4.69, 9.17) is 32.4 Å². The summed E-state index contributed by atoms with van der Waals surface area (Å²) in [5, 5.41) is 0.728. The Morgan fingerprint density at radius 3 is 2.65 bits per heavy atom. The molecule has 0 N–H and O–H groups in total. The average Bonchev–Trinajstić information content (AvgIpc) is 3.10. The van der Waals surface area contributed by atoms with Crippen LogP contribution in [0.1, 0.15) is 28.7 Å². The molecule has 0 fully saturated rings. The fourth-order valence-corrected chi connectivity index (χ4v) is 3.92. The second-order valence-corrected chi connectivity index (χ2v) is 7.73. The lowest BCUT2D eigenvalue weighted by Gasteiger charge is -2.13. The van der Waals surface area contributed by atoms with Gasteiger partial charge in [-0.15, -0.1) is 0 Å². The van der Waals surface area contributed by atoms with E-state index >= 15 is 0 Å². The molecular weight excluding hydrogens is 439 g/mol. The van der Waals surface area contributed by atoms with Gasteiger partial charge in [0.05, 0.1) is 29.1 Å². The first-order chi connectivity index (χ1) is 14.9. The minimum Gasteiger partial charge on any atom is -0.462 e. The monoisotopic (exact) mass is 456 g/mol. The maximum atomic E-state index is 13.0. The molecule has 0 aliphatic carbocycles. The molecule has 0 bridgehead atoms. The van der Waals surface area contributed by atoms with E-state index in [1.807, 2.05) is 37.3 Å². The van der Waals surface area contributed by atoms with E-state index in [2.05, 4.69) is 4.98 Å². The molecule has 0 atom stereocenters. The summed E-state index contributed by atoms with van der Waals surface area (Å²) in [6.07, 6.45) is 1.45. The van der Waals surface area contributed by atoms with Crippen LogP contribution in [0.5, 0.6) is 0 Å². The van der Waals surface area contributed by atoms with Crippen molar-refractivity contribution >= 4 is 40.1 Å². The zero-order chi connectivity index (χ0) is 22.1. The quantitative estimate of drug-likeness (QED) is 0.370. The summed E-state index contributed by atoms with van der Waals surface area (Å²) in [4.78, 5) is 30.0. The molecule has 0 aliphatic heterocycles. The van der Waals surface area contributed by atoms with Gasteiger partial charge in [-0.1, -0.05) is 41.4 Å². The number of oxazole rings is 1. The Hall–Kier alpha value is -3.09. The third-order valence-electron chi connectivity index (χ3n) is 4.83. The van der Waals surface area contributed by atoms with Crippen molar-refractivity contribution in [3.63, 3.8) is 0 Å². The number of benzene rings is 2. The summed E-state index contributed by atoms with van der Waals surface area (Å²) in [6.45, 7) is 3.87. The Balaban J connectivity index is 1.88. The zero-order valence-corrected chi connectivity index (χ0v) is 18.3. The number of rotatable bonds is 5. The minimum absolute atomic E-state index is 0.108. The number of aromatic nitrogens is 2. The van der Waals surface area contributed by atoms with E-state index in [0.29, 0.717) is 27.9 Å². The van der Waals surface area contributed by atoms with E-state index in [-0.39, 0.29) is 29.1 Å². The first-order valence-corrected chi connectivity index (χ1v) is 10.4. The Morgan fingerprint density at radius 2 is 1.94 bits per heavy atom. The number of aryl methyl sites for hydroxylation is 1. The summed E-state index contributed by atoms with van der Waals surface area (Å²) in [5.74, 6) is 0.396. The highest BCUT2D eigenvalue weighted by Crippen LogP contribution is 2.28. The maximum Gasteiger partial charge on any atom is 0.343 e. The lowest BCUT2D eigenvalue weighted by Crippen LogP contribution is -2.21. The molecule has 0 radical (unpaired) electrons. The lowest BCUT2D eigenvalue weighted by molar-refractivity contribution is 0.0524. The molecule has 0 spiro atoms. The van der Waals surface area contributed by atoms with Crippen LogP contribution in [0.3, 0.4) is 0 Å². The van der Waals surface area contributed by atoms with Gasteiger partial charge < -0.3 is 13.7 Å². The van der Waals surface area contributed by atoms with Gasteiger partial charge in [-0.25, -0.2) is 9.78 Å². The van der Waals surface area contributed by atoms with Crippen LogP contribution in [0.4, 0.5) is 0 Å². The molecular formula is C23H18Cl2N2O4. The second-order valence-electron chi connectivity index (χ2n) is 6.89. The fourth-order valence-electron chi connectivity index (χ4n) is 3.36. The van der Waals surface area contributed by atoms with Crippen LogP contribution in [0.25, 0.3) is 22.4 Å². The smallest absolute Gasteiger partial charge is 0.343 e. The molecule has 158 valence electrons. The normalized spacial score (nSPS) is 11.1. The van der Waals surface area contributed by atoms with Gasteiger partial charge in [-0.2, -0.15) is 0 Å². The highest BCUT2D eigenvalue weighted by atomic mass is 35.5. The second kappa shape index (κ2) is 8.57. The number of pyridine rings is 1. The Bertz CT molecular complexity index is 1340. The minimum atomic E-state index is -0.712. The molecule has 8 heteroatoms. The van der Waals surface area contributed by atoms with Crippen molar-refractivity contribution < 1.29 is 13.9 Å². The van der Waals surface area contributed by atoms with Crippen molar-refractivity contribution in [1.82, 2.24) is 9.55 Å². The van der Waals surface area contributed by atoms with Gasteiger partial charge in [-0.3, -0.25) is 4.79 Å². The van der Waals surface area contributed by atoms with Gasteiger partial charge in [0.25, 0.3) is 0 Å². The number of fused-ring (bicyclic) bond motifs is 1. The zero-order valence-electron chi connectivity index (χ0n) is 16.8. The van der Waals surface area contributed by atoms with E-state index < -0.39 is 11.4 Å². The van der Waals surface area contributed by atoms with Crippen molar-refractivity contribution in [2.45, 2.75) is 20.4 Å². The molecule has 0 unspecified atom stereocenters. The van der Waals surface area contributed by atoms with Gasteiger partial charge in [0.1, 0.15) is 17.0 Å². The predicted molar refractivity (Wildman–Crippen MR) is 120 cm³/mol. The summed E-state index contributed by atoms with van der Waals surface area (Å²) in [5.41, 5.74) is 1.37. The predicted octanol–water partition coefficient (Wildman–Crippen LogP) is 5.50. The van der Waals surface area contributed by atoms with Crippen LogP contribution in [0, 0.1) is 6.92 Å². The fraction of sp³-hybridized carbons (Fsp3) is 0.174. The maximum absolute atomic E-state index is 13.0. The van der Waals surface area contributed by atoms with E-state index in [0.717, 1.165) is 5.56 Å². The van der Waals surface area contributed by atoms with Crippen LogP contribution >= 0.6 is 23.2 Å². The van der Waals surface area contributed by atoms with Crippen molar-refractivity contribution in [2.24, 2.45) is 0 Å². The van der Waals surface area contributed by atoms with Gasteiger partial charge in [0.2, 0.25) is 11.3 Å². The largest absolute Gasteiger partial charge is 0.462 e. The van der Waals surface area contributed by atoms with Crippen LogP contribution in [-0.2, 0) is 11.3 Å². The molecule has 0 amide bonds. The topological polar surface area (TPSA) is 74.3 Å². The van der Waals surface area contributed by atoms with Gasteiger partial charge in [-0.05, 0) is 38.1 Å². The molecule has 0 saturated carbocycles. The van der Waals surface area contributed by atoms with Crippen molar-refractivity contribution in [2.75, 3.05) is 6.61 Å². The molecule has 2 aromatic carbocycles. The molecule has 0 saturated heterocycles. The van der Waals surface area contributed by atoms with Crippen molar-refractivity contribution in [3.05, 3.63) is 85.9 Å². The van der Waals surface area contributed by atoms with Crippen LogP contribution in [0.2, 0.25) is 10.0 Å². The highest BCUT2D eigenvalue weighted by molar-refractivity contribution is 6.38. The van der Waals surface area contributed by atoms with Gasteiger partial charge >= 0.3 is 5.97 Å². The summed E-state index contributed by atoms with van der Waals surface area (Å²) >= 11 is 12.5. The van der Waals surface area contributed by atoms with Crippen LogP contribution in [-0.4, -0.2) is 22.1 Å². The van der Waals surface area contributed by atoms with Crippen molar-refractivity contribution in [3.8, 4) is 11.5 Å². The summed E-state index contributed by atoms with van der Waals surface area (Å²) < 4.78 is 12.6. The number of carbonyl (C=O) groups excluding carboxylic acids is 1. The number of hydrogen-bond acceptors (Lipinski definition) is 5. The third kappa shape index (κ3) is 4.09. The van der Waals surface area contributed by atoms with Gasteiger partial charge in [0.15, 0.2) is 0 Å². The SMILES string of the molecule is CCOC(=O)c1cn(Cc2nc(-c3ccccc3)oc2C)c2cc(Cl)cc(Cl)c2c1=O.